The smallest absolute Gasteiger partial charge is 0.182 e. The summed E-state index contributed by atoms with van der Waals surface area (Å²) in [5, 5.41) is 0. The van der Waals surface area contributed by atoms with Gasteiger partial charge in [-0.1, -0.05) is 0 Å². The average Bonchev–Trinajstić information content (AvgIpc) is 3.28. The van der Waals surface area contributed by atoms with Crippen LogP contribution in [0.2, 0.25) is 0 Å². The van der Waals surface area contributed by atoms with Gasteiger partial charge in [0.05, 0.1) is 6.33 Å². The largest absolute Gasteiger partial charge is 0.356 e. The fraction of sp³-hybridized carbons (Fsp3) is 0.471. The van der Waals surface area contributed by atoms with Crippen molar-refractivity contribution in [2.45, 2.75) is 6.92 Å². The summed E-state index contributed by atoms with van der Waals surface area (Å²) in [6.45, 7) is 6.12. The Morgan fingerprint density at radius 2 is 1.60 bits per heavy atom. The Bertz CT molecular complexity index is 921. The molecule has 2 fully saturated rings. The van der Waals surface area contributed by atoms with Gasteiger partial charge < -0.3 is 14.4 Å². The summed E-state index contributed by atoms with van der Waals surface area (Å²) in [6, 6.07) is 2.07. The van der Waals surface area contributed by atoms with Crippen LogP contribution in [-0.2, 0) is 7.05 Å². The van der Waals surface area contributed by atoms with Crippen LogP contribution in [-0.4, -0.2) is 55.7 Å². The van der Waals surface area contributed by atoms with E-state index < -0.39 is 0 Å². The molecule has 8 heteroatoms. The molecule has 0 amide bonds. The molecule has 2 unspecified atom stereocenters. The van der Waals surface area contributed by atoms with E-state index in [1.54, 1.807) is 19.0 Å². The molecular weight excluding hydrogens is 316 g/mol. The van der Waals surface area contributed by atoms with Gasteiger partial charge in [0.1, 0.15) is 24.0 Å². The summed E-state index contributed by atoms with van der Waals surface area (Å²) in [6.07, 6.45) is 5.08. The van der Waals surface area contributed by atoms with Gasteiger partial charge in [-0.05, 0) is 6.92 Å². The van der Waals surface area contributed by atoms with Crippen molar-refractivity contribution in [1.29, 1.82) is 0 Å². The summed E-state index contributed by atoms with van der Waals surface area (Å²) < 4.78 is 2.01. The molecule has 0 aliphatic carbocycles. The molecule has 2 atom stereocenters. The highest BCUT2D eigenvalue weighted by molar-refractivity contribution is 5.83. The number of aromatic nitrogens is 6. The Morgan fingerprint density at radius 3 is 2.36 bits per heavy atom. The van der Waals surface area contributed by atoms with Crippen molar-refractivity contribution >= 4 is 22.8 Å². The molecule has 2 aliphatic heterocycles. The third-order valence-electron chi connectivity index (χ3n) is 5.39. The molecule has 8 nitrogen and oxygen atoms in total. The Hall–Kier alpha value is -2.77. The molecule has 0 N–H and O–H groups in total. The van der Waals surface area contributed by atoms with Crippen LogP contribution in [0.25, 0.3) is 11.2 Å². The predicted molar refractivity (Wildman–Crippen MR) is 94.5 cm³/mol. The van der Waals surface area contributed by atoms with E-state index in [1.807, 2.05) is 18.5 Å². The van der Waals surface area contributed by atoms with Crippen LogP contribution in [0.5, 0.6) is 0 Å². The van der Waals surface area contributed by atoms with E-state index >= 15 is 0 Å². The first-order valence-corrected chi connectivity index (χ1v) is 8.59. The number of hydrogen-bond donors (Lipinski definition) is 0. The van der Waals surface area contributed by atoms with E-state index in [0.717, 1.165) is 54.7 Å². The van der Waals surface area contributed by atoms with Crippen molar-refractivity contribution in [2.75, 3.05) is 36.0 Å². The molecule has 0 aromatic carbocycles. The van der Waals surface area contributed by atoms with Crippen LogP contribution in [0.4, 0.5) is 11.6 Å². The molecule has 5 rings (SSSR count). The molecule has 0 saturated carbocycles. The molecule has 0 bridgehead atoms. The minimum Gasteiger partial charge on any atom is -0.356 e. The van der Waals surface area contributed by atoms with Gasteiger partial charge in [0.2, 0.25) is 0 Å². The summed E-state index contributed by atoms with van der Waals surface area (Å²) >= 11 is 0. The molecule has 5 heterocycles. The number of anilines is 2. The molecule has 0 radical (unpaired) electrons. The van der Waals surface area contributed by atoms with Crippen molar-refractivity contribution < 1.29 is 0 Å². The molecule has 3 aromatic heterocycles. The lowest BCUT2D eigenvalue weighted by atomic mass is 10.0. The van der Waals surface area contributed by atoms with Crippen LogP contribution in [0.3, 0.4) is 0 Å². The molecule has 2 saturated heterocycles. The monoisotopic (exact) mass is 336 g/mol. The molecule has 25 heavy (non-hydrogen) atoms. The van der Waals surface area contributed by atoms with Crippen molar-refractivity contribution in [1.82, 2.24) is 29.5 Å². The number of hydrogen-bond acceptors (Lipinski definition) is 7. The van der Waals surface area contributed by atoms with Gasteiger partial charge >= 0.3 is 0 Å². The highest BCUT2D eigenvalue weighted by Gasteiger charge is 2.41. The van der Waals surface area contributed by atoms with Gasteiger partial charge in [-0.3, -0.25) is 0 Å². The van der Waals surface area contributed by atoms with Crippen LogP contribution in [0.15, 0.2) is 25.0 Å². The SMILES string of the molecule is Cc1cc(N2CC3CN(c4ncnc5ncn(C)c45)CC3C2)ncn1. The number of fused-ring (bicyclic) bond motifs is 2. The maximum atomic E-state index is 4.56. The highest BCUT2D eigenvalue weighted by Crippen LogP contribution is 2.36. The lowest BCUT2D eigenvalue weighted by molar-refractivity contribution is 0.533. The third-order valence-corrected chi connectivity index (χ3v) is 5.39. The fourth-order valence-corrected chi connectivity index (χ4v) is 4.17. The van der Waals surface area contributed by atoms with E-state index in [9.17, 15) is 0 Å². The summed E-state index contributed by atoms with van der Waals surface area (Å²) in [7, 11) is 2.00. The molecule has 128 valence electrons. The first-order chi connectivity index (χ1) is 12.2. The zero-order chi connectivity index (χ0) is 17.0. The maximum absolute atomic E-state index is 4.56. The lowest BCUT2D eigenvalue weighted by Crippen LogP contribution is -2.30. The maximum Gasteiger partial charge on any atom is 0.182 e. The highest BCUT2D eigenvalue weighted by atomic mass is 15.3. The summed E-state index contributed by atoms with van der Waals surface area (Å²) in [5.41, 5.74) is 2.80. The molecule has 3 aromatic rings. The average molecular weight is 336 g/mol. The van der Waals surface area contributed by atoms with E-state index in [-0.39, 0.29) is 0 Å². The van der Waals surface area contributed by atoms with Gasteiger partial charge in [-0.25, -0.2) is 24.9 Å². The van der Waals surface area contributed by atoms with E-state index in [2.05, 4.69) is 40.8 Å². The zero-order valence-corrected chi connectivity index (χ0v) is 14.4. The predicted octanol–water partition coefficient (Wildman–Crippen LogP) is 1.03. The molecule has 2 aliphatic rings. The Morgan fingerprint density at radius 1 is 0.880 bits per heavy atom. The zero-order valence-electron chi connectivity index (χ0n) is 14.4. The summed E-state index contributed by atoms with van der Waals surface area (Å²) in [5.74, 6) is 3.32. The number of aryl methyl sites for hydroxylation is 2. The van der Waals surface area contributed by atoms with Gasteiger partial charge in [-0.2, -0.15) is 0 Å². The van der Waals surface area contributed by atoms with Gasteiger partial charge in [0.25, 0.3) is 0 Å². The topological polar surface area (TPSA) is 75.9 Å². The number of rotatable bonds is 2. The second-order valence-electron chi connectivity index (χ2n) is 7.07. The van der Waals surface area contributed by atoms with Crippen molar-refractivity contribution in [2.24, 2.45) is 18.9 Å². The third kappa shape index (κ3) is 2.32. The van der Waals surface area contributed by atoms with Crippen LogP contribution >= 0.6 is 0 Å². The Kier molecular flexibility index (Phi) is 3.13. The fourth-order valence-electron chi connectivity index (χ4n) is 4.17. The van der Waals surface area contributed by atoms with Crippen LogP contribution in [0, 0.1) is 18.8 Å². The Labute approximate surface area is 145 Å². The first-order valence-electron chi connectivity index (χ1n) is 8.59. The van der Waals surface area contributed by atoms with E-state index in [1.165, 1.54) is 0 Å². The van der Waals surface area contributed by atoms with E-state index in [0.29, 0.717) is 11.8 Å². The van der Waals surface area contributed by atoms with Gasteiger partial charge in [0.15, 0.2) is 11.5 Å². The number of imidazole rings is 1. The quantitative estimate of drug-likeness (QED) is 0.692. The molecule has 0 spiro atoms. The second kappa shape index (κ2) is 5.37. The van der Waals surface area contributed by atoms with Crippen molar-refractivity contribution in [3.05, 3.63) is 30.7 Å². The first kappa shape index (κ1) is 14.6. The minimum atomic E-state index is 0.633. The Balaban J connectivity index is 1.38. The van der Waals surface area contributed by atoms with Gasteiger partial charge in [0, 0.05) is 56.8 Å². The van der Waals surface area contributed by atoms with Crippen molar-refractivity contribution in [3.63, 3.8) is 0 Å². The number of nitrogens with zero attached hydrogens (tertiary/aromatic N) is 8. The van der Waals surface area contributed by atoms with Crippen molar-refractivity contribution in [3.8, 4) is 0 Å². The minimum absolute atomic E-state index is 0.633. The van der Waals surface area contributed by atoms with Gasteiger partial charge in [-0.15, -0.1) is 0 Å². The van der Waals surface area contributed by atoms with Crippen LogP contribution < -0.4 is 9.80 Å². The lowest BCUT2D eigenvalue weighted by Gasteiger charge is -2.23. The summed E-state index contributed by atoms with van der Waals surface area (Å²) in [4.78, 5) is 26.6. The normalized spacial score (nSPS) is 22.8. The van der Waals surface area contributed by atoms with Crippen LogP contribution in [0.1, 0.15) is 5.69 Å². The van der Waals surface area contributed by atoms with E-state index in [4.69, 9.17) is 0 Å². The standard InChI is InChI=1S/C17H20N8/c1-11-3-14(19-8-18-11)24-4-12-6-25(7-13(12)5-24)17-15-16(20-9-21-17)22-10-23(15)2/h3,8-10,12-13H,4-7H2,1-2H3. The molecular formula is C17H20N8. The second-order valence-corrected chi connectivity index (χ2v) is 7.07.